The maximum atomic E-state index is 12.8. The van der Waals surface area contributed by atoms with Crippen LogP contribution in [0.1, 0.15) is 37.3 Å². The molecule has 0 saturated heterocycles. The Morgan fingerprint density at radius 3 is 2.43 bits per heavy atom. The molecule has 0 radical (unpaired) electrons. The van der Waals surface area contributed by atoms with Gasteiger partial charge in [0.2, 0.25) is 0 Å². The monoisotopic (exact) mass is 503 g/mol. The van der Waals surface area contributed by atoms with E-state index >= 15 is 0 Å². The minimum atomic E-state index is -0.952. The number of esters is 1. The van der Waals surface area contributed by atoms with Crippen molar-refractivity contribution < 1.29 is 19.1 Å². The lowest BCUT2D eigenvalue weighted by Gasteiger charge is -2.30. The maximum Gasteiger partial charge on any atom is 0.408 e. The number of alkyl carbamates (subject to hydrolysis) is 1. The van der Waals surface area contributed by atoms with Gasteiger partial charge in [0.1, 0.15) is 12.4 Å². The third kappa shape index (κ3) is 7.36. The highest BCUT2D eigenvalue weighted by Gasteiger charge is 2.33. The number of ether oxygens (including phenoxy) is 2. The number of carbonyl (C=O) groups excluding carboxylic acids is 2. The van der Waals surface area contributed by atoms with Crippen molar-refractivity contribution in [1.29, 1.82) is 10.9 Å². The summed E-state index contributed by atoms with van der Waals surface area (Å²) in [7, 11) is 1.26. The Hall–Kier alpha value is -4.27. The van der Waals surface area contributed by atoms with Gasteiger partial charge in [0.15, 0.2) is 6.04 Å². The smallest absolute Gasteiger partial charge is 0.408 e. The van der Waals surface area contributed by atoms with Crippen LogP contribution in [0.5, 0.6) is 0 Å². The normalized spacial score (nSPS) is 12.3. The van der Waals surface area contributed by atoms with Gasteiger partial charge in [-0.15, -0.1) is 0 Å². The number of rotatable bonds is 12. The fraction of sp³-hybridized carbons (Fsp3) is 0.321. The number of amidine groups is 1. The van der Waals surface area contributed by atoms with Crippen molar-refractivity contribution in [3.8, 4) is 0 Å². The zero-order valence-corrected chi connectivity index (χ0v) is 21.1. The summed E-state index contributed by atoms with van der Waals surface area (Å²) in [4.78, 5) is 25.4. The second-order valence-electron chi connectivity index (χ2n) is 8.61. The molecule has 2 atom stereocenters. The standard InChI is InChI=1S/C28H33N5O4/c1-3-4-17-25(27(34)36-2)33(32-30)26(29)24(31-28(35)37-19-20-11-6-5-7-12-20)18-22-15-10-14-21-13-8-9-16-23(21)22/h5-16,24-25,29-30H,3-4,17-19H2,1-2H3,(H,31,35)/t24-,25?/m0/s1. The summed E-state index contributed by atoms with van der Waals surface area (Å²) >= 11 is 0. The molecule has 0 aliphatic rings. The fourth-order valence-electron chi connectivity index (χ4n) is 4.14. The lowest BCUT2D eigenvalue weighted by atomic mass is 9.97. The first kappa shape index (κ1) is 27.3. The molecule has 3 N–H and O–H groups in total. The van der Waals surface area contributed by atoms with E-state index in [1.54, 1.807) is 0 Å². The first-order valence-corrected chi connectivity index (χ1v) is 12.2. The molecule has 0 saturated carbocycles. The molecule has 1 amide bonds. The molecule has 0 fully saturated rings. The van der Waals surface area contributed by atoms with Crippen molar-refractivity contribution in [3.05, 3.63) is 83.9 Å². The van der Waals surface area contributed by atoms with E-state index in [4.69, 9.17) is 20.4 Å². The number of hydrogen-bond acceptors (Lipinski definition) is 7. The van der Waals surface area contributed by atoms with Gasteiger partial charge in [0.25, 0.3) is 0 Å². The van der Waals surface area contributed by atoms with Gasteiger partial charge in [0.05, 0.1) is 13.2 Å². The number of unbranched alkanes of at least 4 members (excludes halogenated alkanes) is 1. The van der Waals surface area contributed by atoms with Crippen molar-refractivity contribution in [2.24, 2.45) is 5.22 Å². The molecule has 0 bridgehead atoms. The van der Waals surface area contributed by atoms with Crippen molar-refractivity contribution >= 4 is 28.7 Å². The average molecular weight is 504 g/mol. The van der Waals surface area contributed by atoms with Crippen LogP contribution in [0.25, 0.3) is 10.8 Å². The van der Waals surface area contributed by atoms with E-state index < -0.39 is 24.1 Å². The number of carbonyl (C=O) groups is 2. The van der Waals surface area contributed by atoms with Crippen molar-refractivity contribution in [3.63, 3.8) is 0 Å². The summed E-state index contributed by atoms with van der Waals surface area (Å²) in [5.41, 5.74) is 9.48. The number of benzene rings is 3. The van der Waals surface area contributed by atoms with Crippen molar-refractivity contribution in [2.45, 2.75) is 51.3 Å². The van der Waals surface area contributed by atoms with E-state index in [-0.39, 0.29) is 18.9 Å². The lowest BCUT2D eigenvalue weighted by Crippen LogP contribution is -2.52. The Morgan fingerprint density at radius 2 is 1.73 bits per heavy atom. The number of amides is 1. The SMILES string of the molecule is CCCCC(C(=O)OC)N(N=N)C(=N)[C@H](Cc1cccc2ccccc12)NC(=O)OCc1ccccc1. The van der Waals surface area contributed by atoms with Crippen LogP contribution in [0, 0.1) is 10.9 Å². The third-order valence-electron chi connectivity index (χ3n) is 6.09. The molecule has 194 valence electrons. The van der Waals surface area contributed by atoms with Gasteiger partial charge >= 0.3 is 12.1 Å². The molecule has 0 aromatic heterocycles. The second kappa shape index (κ2) is 13.7. The summed E-state index contributed by atoms with van der Waals surface area (Å²) in [6, 6.07) is 21.1. The molecule has 0 aliphatic heterocycles. The molecular weight excluding hydrogens is 470 g/mol. The molecule has 3 rings (SSSR count). The minimum Gasteiger partial charge on any atom is -0.467 e. The van der Waals surface area contributed by atoms with Crippen LogP contribution in [-0.4, -0.2) is 42.1 Å². The van der Waals surface area contributed by atoms with Gasteiger partial charge in [-0.25, -0.2) is 14.6 Å². The summed E-state index contributed by atoms with van der Waals surface area (Å²) in [5, 5.41) is 18.2. The highest BCUT2D eigenvalue weighted by Crippen LogP contribution is 2.22. The quantitative estimate of drug-likeness (QED) is 0.0969. The largest absolute Gasteiger partial charge is 0.467 e. The zero-order valence-electron chi connectivity index (χ0n) is 21.1. The Labute approximate surface area is 216 Å². The topological polar surface area (TPSA) is 128 Å². The average Bonchev–Trinajstić information content (AvgIpc) is 2.93. The molecular formula is C28H33N5O4. The Kier molecular flexibility index (Phi) is 10.1. The third-order valence-corrected chi connectivity index (χ3v) is 6.09. The molecule has 3 aromatic carbocycles. The van der Waals surface area contributed by atoms with Crippen LogP contribution in [0.2, 0.25) is 0 Å². The molecule has 0 spiro atoms. The molecule has 0 heterocycles. The second-order valence-corrected chi connectivity index (χ2v) is 8.61. The summed E-state index contributed by atoms with van der Waals surface area (Å²) in [6.07, 6.45) is 1.37. The lowest BCUT2D eigenvalue weighted by molar-refractivity contribution is -0.146. The van der Waals surface area contributed by atoms with Crippen LogP contribution < -0.4 is 5.32 Å². The molecule has 3 aromatic rings. The Morgan fingerprint density at radius 1 is 1.03 bits per heavy atom. The van der Waals surface area contributed by atoms with E-state index in [0.29, 0.717) is 12.8 Å². The van der Waals surface area contributed by atoms with E-state index in [1.807, 2.05) is 79.7 Å². The van der Waals surface area contributed by atoms with Crippen LogP contribution in [-0.2, 0) is 27.3 Å². The first-order valence-electron chi connectivity index (χ1n) is 12.2. The Balaban J connectivity index is 1.89. The van der Waals surface area contributed by atoms with E-state index in [1.165, 1.54) is 7.11 Å². The highest BCUT2D eigenvalue weighted by molar-refractivity contribution is 5.92. The van der Waals surface area contributed by atoms with E-state index in [0.717, 1.165) is 33.3 Å². The van der Waals surface area contributed by atoms with Gasteiger partial charge in [-0.05, 0) is 28.3 Å². The van der Waals surface area contributed by atoms with Gasteiger partial charge in [-0.2, -0.15) is 5.53 Å². The van der Waals surface area contributed by atoms with Crippen molar-refractivity contribution in [1.82, 2.24) is 10.3 Å². The Bertz CT molecular complexity index is 1210. The van der Waals surface area contributed by atoms with E-state index in [9.17, 15) is 9.59 Å². The summed E-state index contributed by atoms with van der Waals surface area (Å²) in [6.45, 7) is 2.05. The summed E-state index contributed by atoms with van der Waals surface area (Å²) < 4.78 is 10.3. The maximum absolute atomic E-state index is 12.8. The molecule has 9 nitrogen and oxygen atoms in total. The minimum absolute atomic E-state index is 0.0643. The molecule has 0 aliphatic carbocycles. The van der Waals surface area contributed by atoms with Crippen LogP contribution in [0.15, 0.2) is 78.0 Å². The van der Waals surface area contributed by atoms with Crippen molar-refractivity contribution in [2.75, 3.05) is 7.11 Å². The predicted molar refractivity (Wildman–Crippen MR) is 141 cm³/mol. The molecule has 1 unspecified atom stereocenters. The predicted octanol–water partition coefficient (Wildman–Crippen LogP) is 5.63. The molecule has 37 heavy (non-hydrogen) atoms. The number of hydrogen-bond donors (Lipinski definition) is 3. The van der Waals surface area contributed by atoms with Crippen LogP contribution in [0.3, 0.4) is 0 Å². The first-order chi connectivity index (χ1) is 18.0. The number of nitrogens with zero attached hydrogens (tertiary/aromatic N) is 2. The van der Waals surface area contributed by atoms with Crippen LogP contribution >= 0.6 is 0 Å². The van der Waals surface area contributed by atoms with Crippen LogP contribution in [0.4, 0.5) is 4.79 Å². The number of fused-ring (bicyclic) bond motifs is 1. The van der Waals surface area contributed by atoms with Gasteiger partial charge in [-0.3, -0.25) is 5.41 Å². The fourth-order valence-corrected chi connectivity index (χ4v) is 4.14. The highest BCUT2D eigenvalue weighted by atomic mass is 16.5. The molecule has 9 heteroatoms. The number of methoxy groups -OCH3 is 1. The zero-order chi connectivity index (χ0) is 26.6. The van der Waals surface area contributed by atoms with E-state index in [2.05, 4.69) is 10.5 Å². The number of nitrogens with one attached hydrogen (secondary N) is 3. The summed E-state index contributed by atoms with van der Waals surface area (Å²) in [5.74, 6) is -0.795. The van der Waals surface area contributed by atoms with Gasteiger partial charge in [-0.1, -0.05) is 97.8 Å². The van der Waals surface area contributed by atoms with Gasteiger partial charge in [0, 0.05) is 6.42 Å². The van der Waals surface area contributed by atoms with Gasteiger partial charge < -0.3 is 14.8 Å².